The lowest BCUT2D eigenvalue weighted by Gasteiger charge is -2.35. The lowest BCUT2D eigenvalue weighted by molar-refractivity contribution is -0.176. The summed E-state index contributed by atoms with van der Waals surface area (Å²) in [7, 11) is 0. The number of alkyl halides is 3. The molecular formula is C13H13F5N2S. The van der Waals surface area contributed by atoms with Gasteiger partial charge in [-0.25, -0.2) is 8.78 Å². The van der Waals surface area contributed by atoms with Gasteiger partial charge in [0.15, 0.2) is 0 Å². The van der Waals surface area contributed by atoms with Crippen LogP contribution in [0.1, 0.15) is 18.4 Å². The Morgan fingerprint density at radius 2 is 1.81 bits per heavy atom. The van der Waals surface area contributed by atoms with Gasteiger partial charge in [0.25, 0.3) is 0 Å². The van der Waals surface area contributed by atoms with Gasteiger partial charge in [-0.3, -0.25) is 0 Å². The lowest BCUT2D eigenvalue weighted by Crippen LogP contribution is -2.42. The fourth-order valence-electron chi connectivity index (χ4n) is 2.46. The van der Waals surface area contributed by atoms with Gasteiger partial charge in [-0.15, -0.1) is 0 Å². The number of hydrogen-bond acceptors (Lipinski definition) is 2. The maximum Gasteiger partial charge on any atom is 0.393 e. The van der Waals surface area contributed by atoms with E-state index in [4.69, 9.17) is 5.73 Å². The maximum absolute atomic E-state index is 14.0. The molecular weight excluding hydrogens is 311 g/mol. The molecule has 2 nitrogen and oxygen atoms in total. The zero-order valence-corrected chi connectivity index (χ0v) is 11.7. The lowest BCUT2D eigenvalue weighted by atomic mass is 9.96. The highest BCUT2D eigenvalue weighted by atomic mass is 32.1. The van der Waals surface area contributed by atoms with Crippen LogP contribution in [0.25, 0.3) is 0 Å². The third-order valence-corrected chi connectivity index (χ3v) is 3.74. The molecule has 0 aromatic heterocycles. The van der Waals surface area contributed by atoms with Crippen LogP contribution in [0.4, 0.5) is 27.6 Å². The van der Waals surface area contributed by atoms with Crippen LogP contribution in [0.5, 0.6) is 0 Å². The smallest absolute Gasteiger partial charge is 0.389 e. The minimum absolute atomic E-state index is 0.00753. The minimum atomic E-state index is -4.37. The van der Waals surface area contributed by atoms with E-state index in [-0.39, 0.29) is 29.9 Å². The predicted molar refractivity (Wildman–Crippen MR) is 73.2 cm³/mol. The van der Waals surface area contributed by atoms with Crippen molar-refractivity contribution in [2.45, 2.75) is 19.0 Å². The molecule has 0 saturated carbocycles. The number of hydrogen-bond donors (Lipinski definition) is 1. The van der Waals surface area contributed by atoms with Crippen molar-refractivity contribution in [3.63, 3.8) is 0 Å². The van der Waals surface area contributed by atoms with Crippen molar-refractivity contribution in [2.24, 2.45) is 11.7 Å². The molecule has 1 saturated heterocycles. The molecule has 0 bridgehead atoms. The Morgan fingerprint density at radius 3 is 2.29 bits per heavy atom. The number of thiocarbonyl (C=S) groups is 1. The summed E-state index contributed by atoms with van der Waals surface area (Å²) < 4.78 is 66.3. The third kappa shape index (κ3) is 3.42. The average Bonchev–Trinajstić information content (AvgIpc) is 2.37. The van der Waals surface area contributed by atoms with Crippen LogP contribution in [-0.2, 0) is 0 Å². The van der Waals surface area contributed by atoms with Crippen molar-refractivity contribution in [1.82, 2.24) is 0 Å². The Morgan fingerprint density at radius 1 is 1.24 bits per heavy atom. The SMILES string of the molecule is NC(=S)c1cc(F)c(N2CCCC(C(F)(F)F)C2)c(F)c1. The number of nitrogens with zero attached hydrogens (tertiary/aromatic N) is 1. The predicted octanol–water partition coefficient (Wildman–Crippen LogP) is 3.38. The number of anilines is 1. The van der Waals surface area contributed by atoms with Gasteiger partial charge in [-0.2, -0.15) is 13.2 Å². The van der Waals surface area contributed by atoms with E-state index in [1.807, 2.05) is 0 Å². The Hall–Kier alpha value is -1.44. The van der Waals surface area contributed by atoms with Gasteiger partial charge >= 0.3 is 6.18 Å². The molecule has 0 radical (unpaired) electrons. The van der Waals surface area contributed by atoms with Crippen molar-refractivity contribution < 1.29 is 22.0 Å². The van der Waals surface area contributed by atoms with Gasteiger partial charge in [0.2, 0.25) is 0 Å². The van der Waals surface area contributed by atoms with Crippen LogP contribution >= 0.6 is 12.2 Å². The molecule has 0 amide bonds. The maximum atomic E-state index is 14.0. The Labute approximate surface area is 123 Å². The monoisotopic (exact) mass is 324 g/mol. The largest absolute Gasteiger partial charge is 0.393 e. The van der Waals surface area contributed by atoms with Crippen molar-refractivity contribution in [1.29, 1.82) is 0 Å². The van der Waals surface area contributed by atoms with E-state index in [0.717, 1.165) is 17.0 Å². The highest BCUT2D eigenvalue weighted by Gasteiger charge is 2.42. The van der Waals surface area contributed by atoms with E-state index < -0.39 is 36.0 Å². The molecule has 8 heteroatoms. The highest BCUT2D eigenvalue weighted by molar-refractivity contribution is 7.80. The quantitative estimate of drug-likeness (QED) is 0.668. The van der Waals surface area contributed by atoms with E-state index in [1.54, 1.807) is 0 Å². The summed E-state index contributed by atoms with van der Waals surface area (Å²) in [5, 5.41) is 0. The molecule has 0 spiro atoms. The molecule has 2 N–H and O–H groups in total. The summed E-state index contributed by atoms with van der Waals surface area (Å²) in [4.78, 5) is 0.918. The van der Waals surface area contributed by atoms with Crippen molar-refractivity contribution in [3.05, 3.63) is 29.3 Å². The van der Waals surface area contributed by atoms with Gasteiger partial charge in [-0.1, -0.05) is 12.2 Å². The van der Waals surface area contributed by atoms with E-state index in [9.17, 15) is 22.0 Å². The van der Waals surface area contributed by atoms with Crippen molar-refractivity contribution in [2.75, 3.05) is 18.0 Å². The minimum Gasteiger partial charge on any atom is -0.389 e. The molecule has 2 rings (SSSR count). The molecule has 0 aliphatic carbocycles. The first-order chi connectivity index (χ1) is 9.70. The number of halogens is 5. The highest BCUT2D eigenvalue weighted by Crippen LogP contribution is 2.36. The summed E-state index contributed by atoms with van der Waals surface area (Å²) in [5.74, 6) is -3.50. The van der Waals surface area contributed by atoms with Gasteiger partial charge in [-0.05, 0) is 25.0 Å². The second kappa shape index (κ2) is 5.75. The summed E-state index contributed by atoms with van der Waals surface area (Å²) in [6.45, 7) is -0.281. The molecule has 1 heterocycles. The molecule has 1 aromatic rings. The fourth-order valence-corrected chi connectivity index (χ4v) is 2.58. The van der Waals surface area contributed by atoms with Gasteiger partial charge in [0.05, 0.1) is 5.92 Å². The molecule has 1 unspecified atom stereocenters. The molecule has 1 atom stereocenters. The molecule has 21 heavy (non-hydrogen) atoms. The normalized spacial score (nSPS) is 19.7. The third-order valence-electron chi connectivity index (χ3n) is 3.50. The number of rotatable bonds is 2. The van der Waals surface area contributed by atoms with Crippen LogP contribution in [0.2, 0.25) is 0 Å². The van der Waals surface area contributed by atoms with Crippen molar-refractivity contribution in [3.8, 4) is 0 Å². The first-order valence-electron chi connectivity index (χ1n) is 6.30. The first kappa shape index (κ1) is 15.9. The Balaban J connectivity index is 2.31. The van der Waals surface area contributed by atoms with Gasteiger partial charge in [0, 0.05) is 18.7 Å². The summed E-state index contributed by atoms with van der Waals surface area (Å²) in [5.41, 5.74) is 4.85. The van der Waals surface area contributed by atoms with E-state index in [0.29, 0.717) is 0 Å². The molecule has 1 aliphatic heterocycles. The number of nitrogens with two attached hydrogens (primary N) is 1. The van der Waals surface area contributed by atoms with Crippen LogP contribution < -0.4 is 10.6 Å². The number of benzene rings is 1. The zero-order valence-electron chi connectivity index (χ0n) is 10.9. The number of piperidine rings is 1. The molecule has 1 aliphatic rings. The standard InChI is InChI=1S/C13H13F5N2S/c14-9-4-7(12(19)21)5-10(15)11(9)20-3-1-2-8(6-20)13(16,17)18/h4-5,8H,1-3,6H2,(H2,19,21). The van der Waals surface area contributed by atoms with E-state index in [1.165, 1.54) is 0 Å². The van der Waals surface area contributed by atoms with Gasteiger partial charge < -0.3 is 10.6 Å². The summed E-state index contributed by atoms with van der Waals surface area (Å²) >= 11 is 4.63. The van der Waals surface area contributed by atoms with Crippen LogP contribution in [-0.4, -0.2) is 24.3 Å². The Bertz CT molecular complexity index is 535. The van der Waals surface area contributed by atoms with E-state index >= 15 is 0 Å². The first-order valence-corrected chi connectivity index (χ1v) is 6.71. The van der Waals surface area contributed by atoms with E-state index in [2.05, 4.69) is 12.2 Å². The molecule has 1 aromatic carbocycles. The molecule has 1 fully saturated rings. The van der Waals surface area contributed by atoms with Crippen LogP contribution in [0.3, 0.4) is 0 Å². The summed E-state index contributed by atoms with van der Waals surface area (Å²) in [6, 6.07) is 1.88. The zero-order chi connectivity index (χ0) is 15.8. The summed E-state index contributed by atoms with van der Waals surface area (Å²) in [6.07, 6.45) is -4.18. The van der Waals surface area contributed by atoms with Gasteiger partial charge in [0.1, 0.15) is 22.3 Å². The van der Waals surface area contributed by atoms with Crippen LogP contribution in [0.15, 0.2) is 12.1 Å². The topological polar surface area (TPSA) is 29.3 Å². The molecule has 116 valence electrons. The van der Waals surface area contributed by atoms with Crippen LogP contribution in [0, 0.1) is 17.6 Å². The average molecular weight is 324 g/mol. The fraction of sp³-hybridized carbons (Fsp3) is 0.462. The Kier molecular flexibility index (Phi) is 4.36. The van der Waals surface area contributed by atoms with Crippen molar-refractivity contribution >= 4 is 22.9 Å². The second-order valence-corrected chi connectivity index (χ2v) is 5.42. The second-order valence-electron chi connectivity index (χ2n) is 4.98.